The summed E-state index contributed by atoms with van der Waals surface area (Å²) in [6.07, 6.45) is 1.76. The van der Waals surface area contributed by atoms with Gasteiger partial charge in [-0.05, 0) is 29.3 Å². The zero-order valence-electron chi connectivity index (χ0n) is 14.2. The van der Waals surface area contributed by atoms with Gasteiger partial charge < -0.3 is 0 Å². The fraction of sp³-hybridized carbons (Fsp3) is 0. The second kappa shape index (κ2) is 6.46. The molecule has 7 nitrogen and oxygen atoms in total. The normalized spacial score (nSPS) is 12.2. The zero-order valence-corrected chi connectivity index (χ0v) is 14.2. The summed E-state index contributed by atoms with van der Waals surface area (Å²) in [6, 6.07) is 18.5. The molecule has 2 aromatic carbocycles. The van der Waals surface area contributed by atoms with Crippen LogP contribution < -0.4 is 0 Å². The van der Waals surface area contributed by atoms with Crippen LogP contribution in [-0.4, -0.2) is 15.7 Å². The smallest absolute Gasteiger partial charge is 0.206 e. The highest BCUT2D eigenvalue weighted by Crippen LogP contribution is 2.38. The summed E-state index contributed by atoms with van der Waals surface area (Å²) in [5.74, 6) is 0. The van der Waals surface area contributed by atoms with Crippen LogP contribution in [0.3, 0.4) is 0 Å². The SMILES string of the molecule is N#C/N=C1\c2ccc(-c3ccc(C#N)cc3)cc2-c2nc(C#N)c(C#N)nc21. The molecule has 1 aromatic heterocycles. The maximum atomic E-state index is 9.27. The second-order valence-corrected chi connectivity index (χ2v) is 5.85. The summed E-state index contributed by atoms with van der Waals surface area (Å²) in [5, 5.41) is 36.5. The number of nitrogens with zero attached hydrogens (tertiary/aromatic N) is 7. The molecule has 0 atom stereocenters. The molecule has 0 saturated heterocycles. The lowest BCUT2D eigenvalue weighted by Gasteiger charge is -2.06. The standard InChI is InChI=1S/C21H7N7/c22-8-12-1-3-13(4-2-12)14-5-6-15-16(7-14)20-21(19(15)26-11-25)28-18(10-24)17(9-23)27-20/h1-7H/b26-19+. The zero-order chi connectivity index (χ0) is 19.7. The predicted octanol–water partition coefficient (Wildman–Crippen LogP) is 3.06. The molecule has 3 aromatic rings. The van der Waals surface area contributed by atoms with Gasteiger partial charge in [0.25, 0.3) is 0 Å². The van der Waals surface area contributed by atoms with Crippen LogP contribution in [0, 0.1) is 45.4 Å². The van der Waals surface area contributed by atoms with E-state index in [2.05, 4.69) is 21.0 Å². The van der Waals surface area contributed by atoms with Gasteiger partial charge in [-0.2, -0.15) is 26.0 Å². The minimum absolute atomic E-state index is 0.0748. The Morgan fingerprint density at radius 1 is 0.679 bits per heavy atom. The van der Waals surface area contributed by atoms with Crippen LogP contribution in [0.4, 0.5) is 0 Å². The van der Waals surface area contributed by atoms with E-state index in [1.807, 2.05) is 36.4 Å². The first-order chi connectivity index (χ1) is 13.7. The Bertz CT molecular complexity index is 1340. The first-order valence-electron chi connectivity index (χ1n) is 8.05. The molecular formula is C21H7N7. The number of aliphatic imine (C=N–C) groups is 1. The summed E-state index contributed by atoms with van der Waals surface area (Å²) in [6.45, 7) is 0. The molecule has 0 amide bonds. The molecule has 28 heavy (non-hydrogen) atoms. The largest absolute Gasteiger partial charge is 0.232 e. The van der Waals surface area contributed by atoms with Gasteiger partial charge in [0.2, 0.25) is 6.19 Å². The van der Waals surface area contributed by atoms with Gasteiger partial charge in [-0.3, -0.25) is 0 Å². The average molecular weight is 357 g/mol. The third kappa shape index (κ3) is 2.45. The van der Waals surface area contributed by atoms with E-state index in [0.717, 1.165) is 11.1 Å². The third-order valence-corrected chi connectivity index (χ3v) is 4.37. The van der Waals surface area contributed by atoms with Gasteiger partial charge in [0.15, 0.2) is 11.4 Å². The molecule has 1 aliphatic carbocycles. The summed E-state index contributed by atoms with van der Waals surface area (Å²) >= 11 is 0. The molecule has 0 fully saturated rings. The van der Waals surface area contributed by atoms with Gasteiger partial charge in [-0.1, -0.05) is 24.3 Å². The summed E-state index contributed by atoms with van der Waals surface area (Å²) in [7, 11) is 0. The van der Waals surface area contributed by atoms with E-state index < -0.39 is 0 Å². The van der Waals surface area contributed by atoms with E-state index >= 15 is 0 Å². The summed E-state index contributed by atoms with van der Waals surface area (Å²) in [4.78, 5) is 12.4. The van der Waals surface area contributed by atoms with Gasteiger partial charge in [0.05, 0.1) is 11.6 Å². The number of hydrogen-bond donors (Lipinski definition) is 0. The van der Waals surface area contributed by atoms with Crippen molar-refractivity contribution in [3.63, 3.8) is 0 Å². The Labute approximate surface area is 159 Å². The number of aromatic nitrogens is 2. The summed E-state index contributed by atoms with van der Waals surface area (Å²) < 4.78 is 0. The van der Waals surface area contributed by atoms with Gasteiger partial charge >= 0.3 is 0 Å². The van der Waals surface area contributed by atoms with Gasteiger partial charge in [0, 0.05) is 11.1 Å². The fourth-order valence-corrected chi connectivity index (χ4v) is 3.10. The van der Waals surface area contributed by atoms with Gasteiger partial charge in [-0.25, -0.2) is 9.97 Å². The number of rotatable bonds is 1. The van der Waals surface area contributed by atoms with E-state index in [9.17, 15) is 10.5 Å². The van der Waals surface area contributed by atoms with Crippen molar-refractivity contribution in [3.8, 4) is 46.8 Å². The number of fused-ring (bicyclic) bond motifs is 3. The molecule has 1 aliphatic rings. The van der Waals surface area contributed by atoms with E-state index in [0.29, 0.717) is 33.8 Å². The highest BCUT2D eigenvalue weighted by Gasteiger charge is 2.30. The molecule has 4 rings (SSSR count). The Kier molecular flexibility index (Phi) is 3.83. The Hall–Kier alpha value is -4.85. The van der Waals surface area contributed by atoms with Crippen molar-refractivity contribution in [2.75, 3.05) is 0 Å². The maximum absolute atomic E-state index is 9.27. The van der Waals surface area contributed by atoms with Crippen LogP contribution in [-0.2, 0) is 0 Å². The minimum Gasteiger partial charge on any atom is -0.232 e. The number of nitriles is 4. The molecule has 0 N–H and O–H groups in total. The van der Waals surface area contributed by atoms with Crippen molar-refractivity contribution in [1.29, 1.82) is 21.0 Å². The lowest BCUT2D eigenvalue weighted by atomic mass is 9.99. The van der Waals surface area contributed by atoms with Crippen LogP contribution in [0.25, 0.3) is 22.4 Å². The van der Waals surface area contributed by atoms with Crippen LogP contribution in [0.5, 0.6) is 0 Å². The third-order valence-electron chi connectivity index (χ3n) is 4.37. The quantitative estimate of drug-likeness (QED) is 0.481. The van der Waals surface area contributed by atoms with E-state index in [4.69, 9.17) is 10.5 Å². The molecular weight excluding hydrogens is 350 g/mol. The molecule has 0 radical (unpaired) electrons. The maximum Gasteiger partial charge on any atom is 0.206 e. The van der Waals surface area contributed by atoms with E-state index in [1.54, 1.807) is 24.4 Å². The monoisotopic (exact) mass is 357 g/mol. The van der Waals surface area contributed by atoms with Crippen molar-refractivity contribution in [3.05, 3.63) is 70.7 Å². The van der Waals surface area contributed by atoms with Crippen LogP contribution in [0.15, 0.2) is 47.5 Å². The highest BCUT2D eigenvalue weighted by molar-refractivity contribution is 6.23. The highest BCUT2D eigenvalue weighted by atomic mass is 14.9. The molecule has 0 bridgehead atoms. The molecule has 7 heteroatoms. The van der Waals surface area contributed by atoms with Crippen LogP contribution >= 0.6 is 0 Å². The van der Waals surface area contributed by atoms with Crippen LogP contribution in [0.2, 0.25) is 0 Å². The lowest BCUT2D eigenvalue weighted by Crippen LogP contribution is -2.05. The summed E-state index contributed by atoms with van der Waals surface area (Å²) in [5.41, 5.74) is 4.54. The van der Waals surface area contributed by atoms with Gasteiger partial charge in [-0.15, -0.1) is 0 Å². The molecule has 0 unspecified atom stereocenters. The van der Waals surface area contributed by atoms with E-state index in [1.165, 1.54) is 0 Å². The van der Waals surface area contributed by atoms with Crippen molar-refractivity contribution in [2.45, 2.75) is 0 Å². The fourth-order valence-electron chi connectivity index (χ4n) is 3.10. The van der Waals surface area contributed by atoms with Crippen molar-refractivity contribution in [1.82, 2.24) is 9.97 Å². The molecule has 1 heterocycles. The van der Waals surface area contributed by atoms with Crippen molar-refractivity contribution >= 4 is 5.71 Å². The average Bonchev–Trinajstić information content (AvgIpc) is 3.05. The molecule has 0 aliphatic heterocycles. The van der Waals surface area contributed by atoms with Gasteiger partial charge in [0.1, 0.15) is 29.2 Å². The molecule has 0 spiro atoms. The molecule has 126 valence electrons. The Morgan fingerprint density at radius 3 is 1.93 bits per heavy atom. The van der Waals surface area contributed by atoms with Crippen molar-refractivity contribution in [2.24, 2.45) is 4.99 Å². The Morgan fingerprint density at radius 2 is 1.32 bits per heavy atom. The first kappa shape index (κ1) is 16.6. The van der Waals surface area contributed by atoms with Crippen LogP contribution in [0.1, 0.15) is 28.2 Å². The van der Waals surface area contributed by atoms with Crippen molar-refractivity contribution < 1.29 is 0 Å². The topological polar surface area (TPSA) is 133 Å². The minimum atomic E-state index is -0.105. The predicted molar refractivity (Wildman–Crippen MR) is 98.3 cm³/mol. The van der Waals surface area contributed by atoms with E-state index in [-0.39, 0.29) is 11.4 Å². The second-order valence-electron chi connectivity index (χ2n) is 5.85. The lowest BCUT2D eigenvalue weighted by molar-refractivity contribution is 1.13. The Balaban J connectivity index is 1.95. The number of hydrogen-bond acceptors (Lipinski definition) is 7. The first-order valence-corrected chi connectivity index (χ1v) is 8.05. The number of benzene rings is 2. The molecule has 0 saturated carbocycles.